The van der Waals surface area contributed by atoms with Gasteiger partial charge in [0.05, 0.1) is 4.92 Å². The minimum atomic E-state index is -0.581. The Labute approximate surface area is 133 Å². The zero-order chi connectivity index (χ0) is 16.8. The number of aromatic amines is 1. The third kappa shape index (κ3) is 5.10. The van der Waals surface area contributed by atoms with Gasteiger partial charge in [-0.1, -0.05) is 0 Å². The summed E-state index contributed by atoms with van der Waals surface area (Å²) in [4.78, 5) is 40.9. The summed E-state index contributed by atoms with van der Waals surface area (Å²) in [7, 11) is 0. The Morgan fingerprint density at radius 1 is 1.35 bits per heavy atom. The standard InChI is InChI=1S/C11H13N7O4S/c1-6-13-10(17-16-6)14-7(19)3-2-4-8(20)15-11-12-5-9(23-11)18(21)22/h5H,2-4H2,1H3,(H,12,15,20)(H2,13,14,16,17,19). The minimum Gasteiger partial charge on any atom is -0.302 e. The van der Waals surface area contributed by atoms with E-state index < -0.39 is 4.92 Å². The fourth-order valence-electron chi connectivity index (χ4n) is 1.58. The van der Waals surface area contributed by atoms with E-state index in [9.17, 15) is 19.7 Å². The fraction of sp³-hybridized carbons (Fsp3) is 0.364. The molecule has 0 saturated carbocycles. The molecule has 2 amide bonds. The molecule has 0 atom stereocenters. The highest BCUT2D eigenvalue weighted by Crippen LogP contribution is 2.25. The van der Waals surface area contributed by atoms with Crippen LogP contribution in [0.5, 0.6) is 0 Å². The van der Waals surface area contributed by atoms with Crippen LogP contribution in [-0.2, 0) is 9.59 Å². The Bertz CT molecular complexity index is 726. The third-order valence-electron chi connectivity index (χ3n) is 2.58. The molecule has 12 heteroatoms. The minimum absolute atomic E-state index is 0.0911. The molecule has 0 fully saturated rings. The van der Waals surface area contributed by atoms with Crippen molar-refractivity contribution in [3.63, 3.8) is 0 Å². The summed E-state index contributed by atoms with van der Waals surface area (Å²) in [5.41, 5.74) is 0. The highest BCUT2D eigenvalue weighted by Gasteiger charge is 2.14. The van der Waals surface area contributed by atoms with Crippen LogP contribution in [0.25, 0.3) is 0 Å². The SMILES string of the molecule is Cc1nc(NC(=O)CCCC(=O)Nc2ncc([N+](=O)[O-])s2)n[nH]1. The van der Waals surface area contributed by atoms with E-state index in [0.717, 1.165) is 17.5 Å². The number of hydrogen-bond donors (Lipinski definition) is 3. The summed E-state index contributed by atoms with van der Waals surface area (Å²) in [6, 6.07) is 0. The Morgan fingerprint density at radius 3 is 2.61 bits per heavy atom. The second kappa shape index (κ2) is 7.40. The molecule has 0 aromatic carbocycles. The van der Waals surface area contributed by atoms with E-state index in [1.165, 1.54) is 0 Å². The van der Waals surface area contributed by atoms with E-state index >= 15 is 0 Å². The average molecular weight is 339 g/mol. The van der Waals surface area contributed by atoms with Crippen LogP contribution in [0.2, 0.25) is 0 Å². The van der Waals surface area contributed by atoms with E-state index in [2.05, 4.69) is 30.8 Å². The van der Waals surface area contributed by atoms with E-state index in [-0.39, 0.29) is 40.7 Å². The van der Waals surface area contributed by atoms with Crippen molar-refractivity contribution in [3.05, 3.63) is 22.1 Å². The number of anilines is 2. The zero-order valence-electron chi connectivity index (χ0n) is 12.0. The predicted octanol–water partition coefficient (Wildman–Crippen LogP) is 1.23. The number of rotatable bonds is 7. The number of carbonyl (C=O) groups excluding carboxylic acids is 2. The zero-order valence-corrected chi connectivity index (χ0v) is 12.8. The molecule has 2 aromatic heterocycles. The Kier molecular flexibility index (Phi) is 5.30. The van der Waals surface area contributed by atoms with Gasteiger partial charge in [0.1, 0.15) is 12.0 Å². The van der Waals surface area contributed by atoms with Crippen molar-refractivity contribution >= 4 is 39.2 Å². The van der Waals surface area contributed by atoms with E-state index in [0.29, 0.717) is 12.2 Å². The molecule has 0 radical (unpaired) electrons. The molecule has 0 bridgehead atoms. The Balaban J connectivity index is 1.69. The van der Waals surface area contributed by atoms with Crippen molar-refractivity contribution in [2.45, 2.75) is 26.2 Å². The number of nitro groups is 1. The first-order valence-corrected chi connectivity index (χ1v) is 7.34. The number of nitrogens with zero attached hydrogens (tertiary/aromatic N) is 4. The van der Waals surface area contributed by atoms with Gasteiger partial charge >= 0.3 is 5.00 Å². The van der Waals surface area contributed by atoms with Crippen LogP contribution in [0.15, 0.2) is 6.20 Å². The van der Waals surface area contributed by atoms with Gasteiger partial charge in [0.25, 0.3) is 0 Å². The van der Waals surface area contributed by atoms with Gasteiger partial charge in [0.15, 0.2) is 5.13 Å². The number of hydrogen-bond acceptors (Lipinski definition) is 8. The predicted molar refractivity (Wildman–Crippen MR) is 81.0 cm³/mol. The largest absolute Gasteiger partial charge is 0.345 e. The number of aromatic nitrogens is 4. The molecule has 0 unspecified atom stereocenters. The summed E-state index contributed by atoms with van der Waals surface area (Å²) in [6.07, 6.45) is 1.61. The number of aryl methyl sites for hydroxylation is 1. The lowest BCUT2D eigenvalue weighted by molar-refractivity contribution is -0.380. The number of carbonyl (C=O) groups is 2. The van der Waals surface area contributed by atoms with Crippen LogP contribution in [-0.4, -0.2) is 36.9 Å². The van der Waals surface area contributed by atoms with Crippen molar-refractivity contribution < 1.29 is 14.5 Å². The summed E-state index contributed by atoms with van der Waals surface area (Å²) in [6.45, 7) is 1.70. The number of amides is 2. The molecule has 2 rings (SSSR count). The molecule has 0 aliphatic heterocycles. The molecule has 122 valence electrons. The third-order valence-corrected chi connectivity index (χ3v) is 3.44. The Morgan fingerprint density at radius 2 is 2.04 bits per heavy atom. The van der Waals surface area contributed by atoms with Crippen molar-refractivity contribution in [3.8, 4) is 0 Å². The van der Waals surface area contributed by atoms with Crippen LogP contribution in [0.3, 0.4) is 0 Å². The van der Waals surface area contributed by atoms with E-state index in [1.54, 1.807) is 6.92 Å². The van der Waals surface area contributed by atoms with Crippen molar-refractivity contribution in [2.24, 2.45) is 0 Å². The van der Waals surface area contributed by atoms with Crippen LogP contribution in [0.1, 0.15) is 25.1 Å². The summed E-state index contributed by atoms with van der Waals surface area (Å²) in [5, 5.41) is 21.8. The van der Waals surface area contributed by atoms with Gasteiger partial charge in [-0.2, -0.15) is 4.98 Å². The monoisotopic (exact) mass is 339 g/mol. The molecule has 2 aromatic rings. The first-order valence-electron chi connectivity index (χ1n) is 6.53. The molecule has 3 N–H and O–H groups in total. The smallest absolute Gasteiger partial charge is 0.302 e. The van der Waals surface area contributed by atoms with Gasteiger partial charge < -0.3 is 5.32 Å². The summed E-state index contributed by atoms with van der Waals surface area (Å²) in [5.74, 6) is 0.0988. The van der Waals surface area contributed by atoms with Crippen molar-refractivity contribution in [1.82, 2.24) is 20.2 Å². The second-order valence-corrected chi connectivity index (χ2v) is 5.46. The van der Waals surface area contributed by atoms with Gasteiger partial charge in [-0.05, 0) is 24.7 Å². The summed E-state index contributed by atoms with van der Waals surface area (Å²) < 4.78 is 0. The molecule has 0 spiro atoms. The molecule has 11 nitrogen and oxygen atoms in total. The van der Waals surface area contributed by atoms with E-state index in [4.69, 9.17) is 0 Å². The maximum absolute atomic E-state index is 11.7. The molecule has 0 aliphatic carbocycles. The normalized spacial score (nSPS) is 10.3. The van der Waals surface area contributed by atoms with Crippen LogP contribution in [0.4, 0.5) is 16.1 Å². The molecular weight excluding hydrogens is 326 g/mol. The molecule has 0 saturated heterocycles. The van der Waals surface area contributed by atoms with Crippen LogP contribution >= 0.6 is 11.3 Å². The van der Waals surface area contributed by atoms with E-state index in [1.807, 2.05) is 0 Å². The Hall–Kier alpha value is -2.89. The fourth-order valence-corrected chi connectivity index (χ4v) is 2.23. The lowest BCUT2D eigenvalue weighted by Gasteiger charge is -2.02. The lowest BCUT2D eigenvalue weighted by Crippen LogP contribution is -2.15. The number of thiazole rings is 1. The second-order valence-electron chi connectivity index (χ2n) is 4.46. The maximum Gasteiger partial charge on any atom is 0.345 e. The van der Waals surface area contributed by atoms with Crippen LogP contribution in [0, 0.1) is 17.0 Å². The molecule has 0 aliphatic rings. The maximum atomic E-state index is 11.7. The number of H-pyrrole nitrogens is 1. The average Bonchev–Trinajstić information content (AvgIpc) is 3.08. The summed E-state index contributed by atoms with van der Waals surface area (Å²) >= 11 is 0.772. The highest BCUT2D eigenvalue weighted by atomic mass is 32.1. The van der Waals surface area contributed by atoms with Gasteiger partial charge in [-0.25, -0.2) is 4.98 Å². The molecule has 23 heavy (non-hydrogen) atoms. The molecule has 2 heterocycles. The van der Waals surface area contributed by atoms with Gasteiger partial charge in [-0.15, -0.1) is 5.10 Å². The van der Waals surface area contributed by atoms with Gasteiger partial charge in [-0.3, -0.25) is 30.1 Å². The topological polar surface area (TPSA) is 156 Å². The quantitative estimate of drug-likeness (QED) is 0.505. The first-order chi connectivity index (χ1) is 10.9. The first kappa shape index (κ1) is 16.5. The lowest BCUT2D eigenvalue weighted by atomic mass is 10.2. The van der Waals surface area contributed by atoms with Crippen LogP contribution < -0.4 is 10.6 Å². The van der Waals surface area contributed by atoms with Gasteiger partial charge in [0, 0.05) is 12.8 Å². The highest BCUT2D eigenvalue weighted by molar-refractivity contribution is 7.18. The number of nitrogens with one attached hydrogen (secondary N) is 3. The van der Waals surface area contributed by atoms with Crippen molar-refractivity contribution in [2.75, 3.05) is 10.6 Å². The molecular formula is C11H13N7O4S. The van der Waals surface area contributed by atoms with Crippen molar-refractivity contribution in [1.29, 1.82) is 0 Å². The van der Waals surface area contributed by atoms with Gasteiger partial charge in [0.2, 0.25) is 17.8 Å².